The Morgan fingerprint density at radius 3 is 2.74 bits per heavy atom. The Kier molecular flexibility index (Phi) is 3.96. The number of fused-ring (bicyclic) bond motifs is 1. The summed E-state index contributed by atoms with van der Waals surface area (Å²) in [6, 6.07) is 3.69. The van der Waals surface area contributed by atoms with Crippen molar-refractivity contribution in [3.63, 3.8) is 0 Å². The molecule has 3 heterocycles. The zero-order chi connectivity index (χ0) is 16.6. The molecule has 0 atom stereocenters. The van der Waals surface area contributed by atoms with E-state index in [1.807, 2.05) is 26.0 Å². The molecule has 118 valence electrons. The van der Waals surface area contributed by atoms with Gasteiger partial charge in [0.15, 0.2) is 10.6 Å². The van der Waals surface area contributed by atoms with Crippen molar-refractivity contribution in [3.05, 3.63) is 44.6 Å². The Labute approximate surface area is 138 Å². The van der Waals surface area contributed by atoms with Gasteiger partial charge in [-0.1, -0.05) is 0 Å². The molecule has 0 aromatic carbocycles. The van der Waals surface area contributed by atoms with Crippen molar-refractivity contribution in [2.24, 2.45) is 4.99 Å². The van der Waals surface area contributed by atoms with Crippen molar-refractivity contribution in [1.82, 2.24) is 14.1 Å². The van der Waals surface area contributed by atoms with Crippen LogP contribution < -0.4 is 5.56 Å². The van der Waals surface area contributed by atoms with Crippen molar-refractivity contribution < 1.29 is 5.11 Å². The van der Waals surface area contributed by atoms with E-state index in [2.05, 4.69) is 9.98 Å². The first-order chi connectivity index (χ1) is 11.1. The summed E-state index contributed by atoms with van der Waals surface area (Å²) >= 11 is 5.28. The maximum Gasteiger partial charge on any atom is 0.265 e. The lowest BCUT2D eigenvalue weighted by Gasteiger charge is -2.14. The normalized spacial score (nSPS) is 14.4. The van der Waals surface area contributed by atoms with Crippen LogP contribution in [0.5, 0.6) is 5.88 Å². The molecule has 0 saturated heterocycles. The van der Waals surface area contributed by atoms with Crippen LogP contribution in [-0.4, -0.2) is 25.4 Å². The third-order valence-electron chi connectivity index (χ3n) is 3.79. The van der Waals surface area contributed by atoms with Crippen molar-refractivity contribution >= 4 is 35.9 Å². The third kappa shape index (κ3) is 2.43. The molecule has 0 saturated carbocycles. The number of hydrogen-bond donors (Lipinski definition) is 1. The zero-order valence-electron chi connectivity index (χ0n) is 12.9. The van der Waals surface area contributed by atoms with E-state index in [0.717, 1.165) is 11.1 Å². The lowest BCUT2D eigenvalue weighted by atomic mass is 10.1. The molecule has 0 unspecified atom stereocenters. The first kappa shape index (κ1) is 15.4. The number of hydrogen-bond acceptors (Lipinski definition) is 5. The highest BCUT2D eigenvalue weighted by molar-refractivity contribution is 7.71. The van der Waals surface area contributed by atoms with Crippen molar-refractivity contribution in [1.29, 1.82) is 0 Å². The summed E-state index contributed by atoms with van der Waals surface area (Å²) in [4.78, 5) is 21.0. The molecule has 23 heavy (non-hydrogen) atoms. The number of rotatable bonds is 3. The summed E-state index contributed by atoms with van der Waals surface area (Å²) in [7, 11) is 0. The number of aliphatic imine (C=N–C) groups is 1. The second-order valence-electron chi connectivity index (χ2n) is 5.05. The van der Waals surface area contributed by atoms with E-state index in [0.29, 0.717) is 23.7 Å². The van der Waals surface area contributed by atoms with Gasteiger partial charge in [0, 0.05) is 36.6 Å². The first-order valence-electron chi connectivity index (χ1n) is 7.36. The minimum Gasteiger partial charge on any atom is -0.494 e. The number of aromatic nitrogens is 3. The van der Waals surface area contributed by atoms with Crippen molar-refractivity contribution in [3.8, 4) is 5.88 Å². The van der Waals surface area contributed by atoms with Crippen LogP contribution >= 0.6 is 12.2 Å². The highest BCUT2D eigenvalue weighted by Gasteiger charge is 2.17. The summed E-state index contributed by atoms with van der Waals surface area (Å²) in [5.74, 6) is 0.489. The van der Waals surface area contributed by atoms with Gasteiger partial charge < -0.3 is 5.11 Å². The van der Waals surface area contributed by atoms with Gasteiger partial charge in [0.25, 0.3) is 5.56 Å². The SMILES string of the molecule is CCn1c(O)c(/C=C2\C=Nc3ncccc32)c(=O)n(CC)c1=S. The molecule has 6 nitrogen and oxygen atoms in total. The Balaban J connectivity index is 2.27. The van der Waals surface area contributed by atoms with Crippen LogP contribution in [0.25, 0.3) is 11.6 Å². The molecule has 0 fully saturated rings. The first-order valence-corrected chi connectivity index (χ1v) is 7.77. The standard InChI is InChI=1S/C16H16N4O2S/c1-3-19-14(21)12(15(22)20(4-2)16(19)23)8-10-9-18-13-11(10)6-5-7-17-13/h5-9,21H,3-4H2,1-2H3/b10-8+. The summed E-state index contributed by atoms with van der Waals surface area (Å²) in [5, 5.41) is 10.5. The molecule has 7 heteroatoms. The fourth-order valence-corrected chi connectivity index (χ4v) is 3.02. The molecule has 0 radical (unpaired) electrons. The van der Waals surface area contributed by atoms with E-state index < -0.39 is 0 Å². The van der Waals surface area contributed by atoms with Gasteiger partial charge in [0.1, 0.15) is 5.56 Å². The smallest absolute Gasteiger partial charge is 0.265 e. The topological polar surface area (TPSA) is 72.4 Å². The number of allylic oxidation sites excluding steroid dienone is 1. The van der Waals surface area contributed by atoms with Gasteiger partial charge in [-0.2, -0.15) is 0 Å². The molecule has 3 rings (SSSR count). The van der Waals surface area contributed by atoms with Crippen molar-refractivity contribution in [2.75, 3.05) is 0 Å². The van der Waals surface area contributed by atoms with Crippen LogP contribution in [-0.2, 0) is 13.1 Å². The average Bonchev–Trinajstić information content (AvgIpc) is 2.95. The second-order valence-corrected chi connectivity index (χ2v) is 5.41. The van der Waals surface area contributed by atoms with Crippen LogP contribution in [0.15, 0.2) is 28.1 Å². The fourth-order valence-electron chi connectivity index (χ4n) is 2.60. The predicted octanol–water partition coefficient (Wildman–Crippen LogP) is 2.78. The fraction of sp³-hybridized carbons (Fsp3) is 0.250. The second kappa shape index (κ2) is 5.92. The monoisotopic (exact) mass is 328 g/mol. The van der Waals surface area contributed by atoms with Gasteiger partial charge in [0.2, 0.25) is 5.88 Å². The lowest BCUT2D eigenvalue weighted by molar-refractivity contribution is 0.399. The maximum atomic E-state index is 12.6. The summed E-state index contributed by atoms with van der Waals surface area (Å²) in [6.45, 7) is 4.64. The van der Waals surface area contributed by atoms with E-state index in [-0.39, 0.29) is 17.0 Å². The van der Waals surface area contributed by atoms with E-state index in [9.17, 15) is 9.90 Å². The predicted molar refractivity (Wildman–Crippen MR) is 92.8 cm³/mol. The molecular formula is C16H16N4O2S. The quantitative estimate of drug-likeness (QED) is 0.879. The highest BCUT2D eigenvalue weighted by atomic mass is 32.1. The Morgan fingerprint density at radius 2 is 2.04 bits per heavy atom. The largest absolute Gasteiger partial charge is 0.494 e. The number of aromatic hydroxyl groups is 1. The summed E-state index contributed by atoms with van der Waals surface area (Å²) in [5.41, 5.74) is 1.47. The van der Waals surface area contributed by atoms with Gasteiger partial charge in [-0.15, -0.1) is 0 Å². The molecule has 1 aliphatic rings. The molecule has 2 aromatic heterocycles. The molecule has 0 aliphatic carbocycles. The van der Waals surface area contributed by atoms with Crippen LogP contribution in [0.1, 0.15) is 25.0 Å². The van der Waals surface area contributed by atoms with Crippen LogP contribution in [0.2, 0.25) is 0 Å². The summed E-state index contributed by atoms with van der Waals surface area (Å²) in [6.07, 6.45) is 4.95. The maximum absolute atomic E-state index is 12.6. The minimum atomic E-state index is -0.307. The lowest BCUT2D eigenvalue weighted by Crippen LogP contribution is -2.26. The third-order valence-corrected chi connectivity index (χ3v) is 4.23. The number of pyridine rings is 1. The van der Waals surface area contributed by atoms with Crippen molar-refractivity contribution in [2.45, 2.75) is 26.9 Å². The Bertz CT molecular complexity index is 954. The van der Waals surface area contributed by atoms with Crippen LogP contribution in [0.4, 0.5) is 5.82 Å². The van der Waals surface area contributed by atoms with Gasteiger partial charge in [-0.05, 0) is 44.3 Å². The van der Waals surface area contributed by atoms with Crippen LogP contribution in [0.3, 0.4) is 0 Å². The van der Waals surface area contributed by atoms with E-state index >= 15 is 0 Å². The molecule has 1 aliphatic heterocycles. The number of nitrogens with zero attached hydrogens (tertiary/aromatic N) is 4. The molecule has 1 N–H and O–H groups in total. The molecule has 2 aromatic rings. The highest BCUT2D eigenvalue weighted by Crippen LogP contribution is 2.31. The van der Waals surface area contributed by atoms with E-state index in [1.54, 1.807) is 23.1 Å². The molecule has 0 spiro atoms. The summed E-state index contributed by atoms with van der Waals surface area (Å²) < 4.78 is 3.34. The Hall–Kier alpha value is -2.54. The Morgan fingerprint density at radius 1 is 1.30 bits per heavy atom. The van der Waals surface area contributed by atoms with E-state index in [1.165, 1.54) is 4.57 Å². The minimum absolute atomic E-state index is 0.120. The van der Waals surface area contributed by atoms with Gasteiger partial charge in [-0.25, -0.2) is 9.98 Å². The van der Waals surface area contributed by atoms with Gasteiger partial charge in [-0.3, -0.25) is 13.9 Å². The average molecular weight is 328 g/mol. The van der Waals surface area contributed by atoms with Crippen LogP contribution in [0, 0.1) is 4.77 Å². The molecular weight excluding hydrogens is 312 g/mol. The van der Waals surface area contributed by atoms with E-state index in [4.69, 9.17) is 12.2 Å². The molecule has 0 amide bonds. The van der Waals surface area contributed by atoms with Gasteiger partial charge >= 0.3 is 0 Å². The molecule has 0 bridgehead atoms. The van der Waals surface area contributed by atoms with Gasteiger partial charge in [0.05, 0.1) is 0 Å². The zero-order valence-corrected chi connectivity index (χ0v) is 13.7.